The maximum atomic E-state index is 11.3. The predicted molar refractivity (Wildman–Crippen MR) is 68.1 cm³/mol. The lowest BCUT2D eigenvalue weighted by Crippen LogP contribution is -1.99. The average molecular weight is 241 g/mol. The van der Waals surface area contributed by atoms with E-state index in [1.165, 1.54) is 12.1 Å². The fourth-order valence-corrected chi connectivity index (χ4v) is 1.84. The zero-order valence-corrected chi connectivity index (χ0v) is 9.84. The molecule has 0 aromatic heterocycles. The third kappa shape index (κ3) is 1.82. The van der Waals surface area contributed by atoms with Crippen molar-refractivity contribution < 1.29 is 9.15 Å². The Kier molecular flexibility index (Phi) is 2.48. The Morgan fingerprint density at radius 3 is 2.94 bits per heavy atom. The van der Waals surface area contributed by atoms with Gasteiger partial charge >= 0.3 is 0 Å². The number of aromatic nitrogens is 1. The number of benzene rings is 2. The quantitative estimate of drug-likeness (QED) is 0.647. The molecule has 18 heavy (non-hydrogen) atoms. The van der Waals surface area contributed by atoms with E-state index in [0.29, 0.717) is 29.2 Å². The summed E-state index contributed by atoms with van der Waals surface area (Å²) in [7, 11) is 0. The van der Waals surface area contributed by atoms with Crippen molar-refractivity contribution in [3.8, 4) is 17.2 Å². The molecular weight excluding hydrogens is 230 g/mol. The van der Waals surface area contributed by atoms with Gasteiger partial charge in [0.15, 0.2) is 16.8 Å². The molecule has 0 spiro atoms. The van der Waals surface area contributed by atoms with Crippen LogP contribution in [0.25, 0.3) is 22.6 Å². The van der Waals surface area contributed by atoms with Crippen molar-refractivity contribution in [1.29, 1.82) is 0 Å². The van der Waals surface area contributed by atoms with E-state index in [1.54, 1.807) is 12.1 Å². The Balaban J connectivity index is 2.25. The minimum absolute atomic E-state index is 0.0849. The first-order valence-electron chi connectivity index (χ1n) is 5.74. The van der Waals surface area contributed by atoms with Crippen LogP contribution in [0.3, 0.4) is 0 Å². The zero-order chi connectivity index (χ0) is 12.5. The Morgan fingerprint density at radius 2 is 2.11 bits per heavy atom. The molecule has 1 aliphatic carbocycles. The molecule has 0 fully saturated rings. The predicted octanol–water partition coefficient (Wildman–Crippen LogP) is 2.69. The monoisotopic (exact) mass is 241 g/mol. The topological polar surface area (TPSA) is 52.3 Å². The highest BCUT2D eigenvalue weighted by Crippen LogP contribution is 2.26. The molecule has 1 aromatic rings. The average Bonchev–Trinajstić information content (AvgIpc) is 2.37. The lowest BCUT2D eigenvalue weighted by Gasteiger charge is -2.07. The highest BCUT2D eigenvalue weighted by Gasteiger charge is 2.09. The Labute approximate surface area is 103 Å². The number of fused-ring (bicyclic) bond motifs is 2. The maximum Gasteiger partial charge on any atom is 0.182 e. The molecule has 3 rings (SSSR count). The molecule has 0 bridgehead atoms. The van der Waals surface area contributed by atoms with Crippen LogP contribution in [0.2, 0.25) is 0 Å². The normalized spacial score (nSPS) is 10.9. The second-order valence-corrected chi connectivity index (χ2v) is 3.91. The highest BCUT2D eigenvalue weighted by atomic mass is 16.5. The van der Waals surface area contributed by atoms with Gasteiger partial charge in [0.05, 0.1) is 6.61 Å². The van der Waals surface area contributed by atoms with Crippen molar-refractivity contribution in [2.45, 2.75) is 6.92 Å². The third-order valence-electron chi connectivity index (χ3n) is 2.63. The van der Waals surface area contributed by atoms with Gasteiger partial charge in [-0.3, -0.25) is 4.79 Å². The van der Waals surface area contributed by atoms with Crippen LogP contribution >= 0.6 is 0 Å². The molecule has 90 valence electrons. The number of rotatable bonds is 2. The molecule has 1 aliphatic heterocycles. The molecule has 0 unspecified atom stereocenters. The van der Waals surface area contributed by atoms with Crippen molar-refractivity contribution in [2.75, 3.05) is 6.61 Å². The van der Waals surface area contributed by atoms with Crippen LogP contribution in [0, 0.1) is 0 Å². The first-order chi connectivity index (χ1) is 8.76. The lowest BCUT2D eigenvalue weighted by molar-refractivity contribution is 0.340. The van der Waals surface area contributed by atoms with Crippen LogP contribution in [0.15, 0.2) is 45.6 Å². The summed E-state index contributed by atoms with van der Waals surface area (Å²) in [6.07, 6.45) is 0. The summed E-state index contributed by atoms with van der Waals surface area (Å²) in [4.78, 5) is 15.7. The number of hydrogen-bond donors (Lipinski definition) is 0. The van der Waals surface area contributed by atoms with Crippen molar-refractivity contribution >= 4 is 11.1 Å². The molecule has 1 heterocycles. The van der Waals surface area contributed by atoms with Gasteiger partial charge in [-0.15, -0.1) is 0 Å². The minimum Gasteiger partial charge on any atom is -0.494 e. The molecular formula is C14H11NO3. The van der Waals surface area contributed by atoms with Crippen molar-refractivity contribution in [3.63, 3.8) is 0 Å². The standard InChI is InChI=1S/C14H11NO3/c1-2-17-10-4-6-13-12(8-10)15-11-5-3-9(16)7-14(11)18-13/h3-8H,2H2,1H3. The summed E-state index contributed by atoms with van der Waals surface area (Å²) in [5.74, 6) is 1.26. The van der Waals surface area contributed by atoms with E-state index >= 15 is 0 Å². The van der Waals surface area contributed by atoms with Crippen LogP contribution < -0.4 is 10.2 Å². The second kappa shape index (κ2) is 4.14. The molecule has 0 saturated heterocycles. The van der Waals surface area contributed by atoms with Gasteiger partial charge in [0, 0.05) is 12.1 Å². The second-order valence-electron chi connectivity index (χ2n) is 3.91. The third-order valence-corrected chi connectivity index (χ3v) is 2.63. The maximum absolute atomic E-state index is 11.3. The number of nitrogens with zero attached hydrogens (tertiary/aromatic N) is 1. The molecule has 0 radical (unpaired) electrons. The zero-order valence-electron chi connectivity index (χ0n) is 9.84. The van der Waals surface area contributed by atoms with E-state index in [2.05, 4.69) is 4.98 Å². The van der Waals surface area contributed by atoms with E-state index in [0.717, 1.165) is 5.75 Å². The van der Waals surface area contributed by atoms with Gasteiger partial charge < -0.3 is 9.15 Å². The van der Waals surface area contributed by atoms with Gasteiger partial charge in [-0.05, 0) is 31.2 Å². The van der Waals surface area contributed by atoms with Crippen LogP contribution in [-0.4, -0.2) is 11.6 Å². The Morgan fingerprint density at radius 1 is 1.22 bits per heavy atom. The number of hydrogen-bond acceptors (Lipinski definition) is 4. The summed E-state index contributed by atoms with van der Waals surface area (Å²) < 4.78 is 11.1. The van der Waals surface area contributed by atoms with E-state index in [1.807, 2.05) is 19.1 Å². The van der Waals surface area contributed by atoms with Gasteiger partial charge in [0.25, 0.3) is 0 Å². The molecule has 0 saturated carbocycles. The summed E-state index contributed by atoms with van der Waals surface area (Å²) in [5, 5.41) is 0. The molecule has 0 amide bonds. The number of ether oxygens (including phenoxy) is 1. The summed E-state index contributed by atoms with van der Waals surface area (Å²) >= 11 is 0. The molecule has 4 heteroatoms. The fourth-order valence-electron chi connectivity index (χ4n) is 1.84. The van der Waals surface area contributed by atoms with Gasteiger partial charge in [0.2, 0.25) is 0 Å². The fraction of sp³-hybridized carbons (Fsp3) is 0.143. The van der Waals surface area contributed by atoms with Gasteiger partial charge in [0.1, 0.15) is 17.0 Å². The first kappa shape index (κ1) is 10.8. The Hall–Kier alpha value is -2.36. The first-order valence-corrected chi connectivity index (χ1v) is 5.74. The minimum atomic E-state index is -0.0849. The van der Waals surface area contributed by atoms with Gasteiger partial charge in [-0.2, -0.15) is 0 Å². The molecule has 2 aliphatic rings. The highest BCUT2D eigenvalue weighted by molar-refractivity contribution is 5.77. The van der Waals surface area contributed by atoms with Crippen molar-refractivity contribution in [2.24, 2.45) is 0 Å². The van der Waals surface area contributed by atoms with E-state index in [-0.39, 0.29) is 5.43 Å². The van der Waals surface area contributed by atoms with Crippen LogP contribution in [-0.2, 0) is 0 Å². The summed E-state index contributed by atoms with van der Waals surface area (Å²) in [5.41, 5.74) is 1.93. The van der Waals surface area contributed by atoms with E-state index < -0.39 is 0 Å². The molecule has 4 nitrogen and oxygen atoms in total. The SMILES string of the molecule is CCOc1ccc2oc3cc(=O)ccc-3nc2c1. The van der Waals surface area contributed by atoms with Crippen molar-refractivity contribution in [1.82, 2.24) is 4.98 Å². The van der Waals surface area contributed by atoms with Gasteiger partial charge in [-0.1, -0.05) is 0 Å². The largest absolute Gasteiger partial charge is 0.494 e. The van der Waals surface area contributed by atoms with Crippen LogP contribution in [0.5, 0.6) is 5.75 Å². The molecule has 1 aromatic carbocycles. The van der Waals surface area contributed by atoms with Crippen molar-refractivity contribution in [3.05, 3.63) is 46.6 Å². The van der Waals surface area contributed by atoms with Crippen LogP contribution in [0.1, 0.15) is 6.92 Å². The molecule has 0 N–H and O–H groups in total. The van der Waals surface area contributed by atoms with E-state index in [9.17, 15) is 4.79 Å². The van der Waals surface area contributed by atoms with Gasteiger partial charge in [-0.25, -0.2) is 4.98 Å². The smallest absolute Gasteiger partial charge is 0.182 e. The molecule has 0 atom stereocenters. The Bertz CT molecular complexity index is 733. The summed E-state index contributed by atoms with van der Waals surface area (Å²) in [6, 6.07) is 10.0. The van der Waals surface area contributed by atoms with Crippen LogP contribution in [0.4, 0.5) is 0 Å². The lowest BCUT2D eigenvalue weighted by atomic mass is 10.2. The van der Waals surface area contributed by atoms with E-state index in [4.69, 9.17) is 9.15 Å². The summed E-state index contributed by atoms with van der Waals surface area (Å²) in [6.45, 7) is 2.54.